The van der Waals surface area contributed by atoms with Crippen molar-refractivity contribution in [2.75, 3.05) is 18.4 Å². The summed E-state index contributed by atoms with van der Waals surface area (Å²) in [7, 11) is -3.49. The Kier molecular flexibility index (Phi) is 5.43. The Morgan fingerprint density at radius 3 is 2.65 bits per heavy atom. The molecule has 3 rings (SSSR count). The Balaban J connectivity index is 1.66. The van der Waals surface area contributed by atoms with Gasteiger partial charge in [-0.1, -0.05) is 11.2 Å². The lowest BCUT2D eigenvalue weighted by molar-refractivity contribution is -0.116. The summed E-state index contributed by atoms with van der Waals surface area (Å²) in [6.07, 6.45) is 2.57. The number of anilines is 1. The van der Waals surface area contributed by atoms with Crippen LogP contribution in [0.2, 0.25) is 0 Å². The first kappa shape index (κ1) is 18.6. The molecule has 1 aromatic carbocycles. The molecule has 0 radical (unpaired) electrons. The molecule has 0 bridgehead atoms. The summed E-state index contributed by atoms with van der Waals surface area (Å²) in [5.74, 6) is 0.537. The van der Waals surface area contributed by atoms with Gasteiger partial charge in [-0.15, -0.1) is 0 Å². The van der Waals surface area contributed by atoms with Crippen LogP contribution in [0, 0.1) is 13.8 Å². The molecule has 1 saturated heterocycles. The average molecular weight is 377 g/mol. The van der Waals surface area contributed by atoms with Crippen LogP contribution in [-0.2, 0) is 21.2 Å². The van der Waals surface area contributed by atoms with Crippen molar-refractivity contribution in [1.82, 2.24) is 9.46 Å². The van der Waals surface area contributed by atoms with Crippen molar-refractivity contribution in [2.24, 2.45) is 0 Å². The number of amides is 1. The van der Waals surface area contributed by atoms with Crippen LogP contribution in [-0.4, -0.2) is 36.9 Å². The third-order valence-electron chi connectivity index (χ3n) is 4.60. The van der Waals surface area contributed by atoms with Crippen molar-refractivity contribution >= 4 is 21.6 Å². The SMILES string of the molecule is Cc1noc(C)c1CCC(=O)Nc1cccc(S(=O)(=O)N2CCCC2)c1. The van der Waals surface area contributed by atoms with E-state index in [1.807, 2.05) is 13.8 Å². The van der Waals surface area contributed by atoms with E-state index in [4.69, 9.17) is 4.52 Å². The lowest BCUT2D eigenvalue weighted by Crippen LogP contribution is -2.27. The summed E-state index contributed by atoms with van der Waals surface area (Å²) < 4.78 is 31.8. The number of nitrogens with one attached hydrogen (secondary N) is 1. The molecule has 26 heavy (non-hydrogen) atoms. The molecule has 1 amide bonds. The first-order chi connectivity index (χ1) is 12.4. The van der Waals surface area contributed by atoms with E-state index < -0.39 is 10.0 Å². The molecule has 0 spiro atoms. The van der Waals surface area contributed by atoms with Crippen LogP contribution < -0.4 is 5.32 Å². The second kappa shape index (κ2) is 7.59. The molecule has 1 aliphatic rings. The lowest BCUT2D eigenvalue weighted by atomic mass is 10.1. The highest BCUT2D eigenvalue weighted by Gasteiger charge is 2.27. The molecule has 2 heterocycles. The fraction of sp³-hybridized carbons (Fsp3) is 0.444. The van der Waals surface area contributed by atoms with Crippen molar-refractivity contribution in [2.45, 2.75) is 44.4 Å². The molecule has 7 nitrogen and oxygen atoms in total. The van der Waals surface area contributed by atoms with E-state index in [9.17, 15) is 13.2 Å². The first-order valence-corrected chi connectivity index (χ1v) is 10.1. The van der Waals surface area contributed by atoms with Gasteiger partial charge in [-0.2, -0.15) is 4.31 Å². The quantitative estimate of drug-likeness (QED) is 0.835. The molecular weight excluding hydrogens is 354 g/mol. The Hall–Kier alpha value is -2.19. The van der Waals surface area contributed by atoms with E-state index in [-0.39, 0.29) is 17.2 Å². The van der Waals surface area contributed by atoms with Gasteiger partial charge >= 0.3 is 0 Å². The molecule has 140 valence electrons. The highest BCUT2D eigenvalue weighted by Crippen LogP contribution is 2.23. The molecule has 1 aromatic heterocycles. The largest absolute Gasteiger partial charge is 0.361 e. The number of aryl methyl sites for hydroxylation is 2. The van der Waals surface area contributed by atoms with E-state index in [1.165, 1.54) is 10.4 Å². The molecule has 0 saturated carbocycles. The highest BCUT2D eigenvalue weighted by atomic mass is 32.2. The third kappa shape index (κ3) is 3.96. The zero-order chi connectivity index (χ0) is 18.7. The van der Waals surface area contributed by atoms with Crippen LogP contribution in [0.5, 0.6) is 0 Å². The number of nitrogens with zero attached hydrogens (tertiary/aromatic N) is 2. The van der Waals surface area contributed by atoms with Gasteiger partial charge in [-0.25, -0.2) is 8.42 Å². The van der Waals surface area contributed by atoms with Gasteiger partial charge in [0, 0.05) is 30.8 Å². The van der Waals surface area contributed by atoms with Crippen LogP contribution >= 0.6 is 0 Å². The standard InChI is InChI=1S/C18H23N3O4S/c1-13-17(14(2)25-20-13)8-9-18(22)19-15-6-5-7-16(12-15)26(23,24)21-10-3-4-11-21/h5-7,12H,3-4,8-11H2,1-2H3,(H,19,22). The van der Waals surface area contributed by atoms with Gasteiger partial charge in [-0.05, 0) is 51.3 Å². The Bertz CT molecular complexity index is 879. The van der Waals surface area contributed by atoms with Gasteiger partial charge in [0.1, 0.15) is 5.76 Å². The summed E-state index contributed by atoms with van der Waals surface area (Å²) in [5.41, 5.74) is 2.20. The zero-order valence-electron chi connectivity index (χ0n) is 15.0. The molecule has 8 heteroatoms. The fourth-order valence-electron chi connectivity index (χ4n) is 3.13. The summed E-state index contributed by atoms with van der Waals surface area (Å²) in [4.78, 5) is 12.4. The number of carbonyl (C=O) groups excluding carboxylic acids is 1. The smallest absolute Gasteiger partial charge is 0.243 e. The number of benzene rings is 1. The predicted molar refractivity (Wildman–Crippen MR) is 97.4 cm³/mol. The second-order valence-electron chi connectivity index (χ2n) is 6.49. The maximum absolute atomic E-state index is 12.6. The highest BCUT2D eigenvalue weighted by molar-refractivity contribution is 7.89. The van der Waals surface area contributed by atoms with Crippen LogP contribution in [0.25, 0.3) is 0 Å². The number of rotatable bonds is 6. The first-order valence-electron chi connectivity index (χ1n) is 8.70. The minimum absolute atomic E-state index is 0.180. The fourth-order valence-corrected chi connectivity index (χ4v) is 4.70. The van der Waals surface area contributed by atoms with Gasteiger partial charge < -0.3 is 9.84 Å². The van der Waals surface area contributed by atoms with E-state index >= 15 is 0 Å². The number of carbonyl (C=O) groups is 1. The number of hydrogen-bond acceptors (Lipinski definition) is 5. The summed E-state index contributed by atoms with van der Waals surface area (Å²) >= 11 is 0. The summed E-state index contributed by atoms with van der Waals surface area (Å²) in [5, 5.41) is 6.65. The maximum atomic E-state index is 12.6. The van der Waals surface area contributed by atoms with Crippen molar-refractivity contribution in [1.29, 1.82) is 0 Å². The van der Waals surface area contributed by atoms with E-state index in [1.54, 1.807) is 18.2 Å². The molecule has 0 atom stereocenters. The van der Waals surface area contributed by atoms with Crippen molar-refractivity contribution < 1.29 is 17.7 Å². The number of sulfonamides is 1. The Labute approximate surface area is 153 Å². The van der Waals surface area contributed by atoms with Crippen molar-refractivity contribution in [3.63, 3.8) is 0 Å². The topological polar surface area (TPSA) is 92.5 Å². The van der Waals surface area contributed by atoms with E-state index in [0.717, 1.165) is 24.1 Å². The zero-order valence-corrected chi connectivity index (χ0v) is 15.8. The van der Waals surface area contributed by atoms with Crippen LogP contribution in [0.1, 0.15) is 36.3 Å². The number of aromatic nitrogens is 1. The molecule has 0 aliphatic carbocycles. The van der Waals surface area contributed by atoms with E-state index in [0.29, 0.717) is 31.0 Å². The van der Waals surface area contributed by atoms with Crippen LogP contribution in [0.4, 0.5) is 5.69 Å². The molecular formula is C18H23N3O4S. The molecule has 1 aliphatic heterocycles. The van der Waals surface area contributed by atoms with Gasteiger partial charge in [0.05, 0.1) is 10.6 Å². The van der Waals surface area contributed by atoms with Gasteiger partial charge in [-0.3, -0.25) is 4.79 Å². The van der Waals surface area contributed by atoms with Gasteiger partial charge in [0.2, 0.25) is 15.9 Å². The second-order valence-corrected chi connectivity index (χ2v) is 8.43. The Morgan fingerprint density at radius 2 is 2.00 bits per heavy atom. The summed E-state index contributed by atoms with van der Waals surface area (Å²) in [6, 6.07) is 6.41. The summed E-state index contributed by atoms with van der Waals surface area (Å²) in [6.45, 7) is 4.77. The minimum atomic E-state index is -3.49. The van der Waals surface area contributed by atoms with Gasteiger partial charge in [0.15, 0.2) is 0 Å². The number of hydrogen-bond donors (Lipinski definition) is 1. The molecule has 1 N–H and O–H groups in total. The lowest BCUT2D eigenvalue weighted by Gasteiger charge is -2.16. The normalized spacial score (nSPS) is 15.3. The Morgan fingerprint density at radius 1 is 1.27 bits per heavy atom. The van der Waals surface area contributed by atoms with Crippen molar-refractivity contribution in [3.05, 3.63) is 41.3 Å². The average Bonchev–Trinajstić information content (AvgIpc) is 3.25. The minimum Gasteiger partial charge on any atom is -0.361 e. The third-order valence-corrected chi connectivity index (χ3v) is 6.50. The predicted octanol–water partition coefficient (Wildman–Crippen LogP) is 2.65. The van der Waals surface area contributed by atoms with E-state index in [2.05, 4.69) is 10.5 Å². The van der Waals surface area contributed by atoms with Gasteiger partial charge in [0.25, 0.3) is 0 Å². The van der Waals surface area contributed by atoms with Crippen LogP contribution in [0.15, 0.2) is 33.7 Å². The maximum Gasteiger partial charge on any atom is 0.243 e. The van der Waals surface area contributed by atoms with Crippen molar-refractivity contribution in [3.8, 4) is 0 Å². The molecule has 1 fully saturated rings. The van der Waals surface area contributed by atoms with Crippen LogP contribution in [0.3, 0.4) is 0 Å². The molecule has 0 unspecified atom stereocenters. The monoisotopic (exact) mass is 377 g/mol. The molecule has 2 aromatic rings.